The fourth-order valence-electron chi connectivity index (χ4n) is 0. The van der Waals surface area contributed by atoms with Gasteiger partial charge in [0.2, 0.25) is 0 Å². The molecule has 0 aromatic rings. The van der Waals surface area contributed by atoms with Crippen LogP contribution in [0.25, 0.3) is 0 Å². The molecule has 0 aromatic heterocycles. The number of rotatable bonds is 0. The van der Waals surface area contributed by atoms with E-state index < -0.39 is 0 Å². The van der Waals surface area contributed by atoms with Gasteiger partial charge in [0.1, 0.15) is 0 Å². The largest absolute Gasteiger partial charge is 2.00 e. The van der Waals surface area contributed by atoms with Crippen LogP contribution in [-0.4, -0.2) is 0 Å². The molecule has 1 radical (unpaired) electrons. The van der Waals surface area contributed by atoms with Crippen molar-refractivity contribution in [3.05, 3.63) is 0 Å². The Morgan fingerprint density at radius 3 is 0.500 bits per heavy atom. The van der Waals surface area contributed by atoms with E-state index in [1.165, 1.54) is 0 Å². The molecule has 45 valence electrons. The molecule has 0 spiro atoms. The van der Waals surface area contributed by atoms with Crippen molar-refractivity contribution < 1.29 is 88.6 Å². The zero-order valence-corrected chi connectivity index (χ0v) is 8.60. The summed E-state index contributed by atoms with van der Waals surface area (Å²) in [6.45, 7) is 0. The van der Waals surface area contributed by atoms with Gasteiger partial charge in [-0.15, -0.1) is 0 Å². The molecule has 0 N–H and O–H groups in total. The monoisotopic (exact) mass is 345 g/mol. The molecule has 0 bridgehead atoms. The summed E-state index contributed by atoms with van der Waals surface area (Å²) in [7, 11) is 0. The summed E-state index contributed by atoms with van der Waals surface area (Å²) in [4.78, 5) is 0. The van der Waals surface area contributed by atoms with Crippen LogP contribution in [-0.2, 0) is 39.0 Å². The number of halogens is 4. The summed E-state index contributed by atoms with van der Waals surface area (Å²) in [5.41, 5.74) is 0. The average molecular weight is 346 g/mol. The smallest absolute Gasteiger partial charge is 1.00 e. The van der Waals surface area contributed by atoms with Crippen LogP contribution in [0.1, 0.15) is 0 Å². The van der Waals surface area contributed by atoms with Crippen molar-refractivity contribution >= 4 is 0 Å². The van der Waals surface area contributed by atoms with E-state index in [2.05, 4.69) is 0 Å². The minimum Gasteiger partial charge on any atom is -1.00 e. The van der Waals surface area contributed by atoms with E-state index >= 15 is 0 Å². The zero-order chi connectivity index (χ0) is 0. The number of hydrogen-bond acceptors (Lipinski definition) is 0. The van der Waals surface area contributed by atoms with Gasteiger partial charge in [-0.3, -0.25) is 0 Å². The van der Waals surface area contributed by atoms with Gasteiger partial charge in [0.15, 0.2) is 0 Å². The van der Waals surface area contributed by atoms with Crippen LogP contribution in [0.4, 0.5) is 0 Å². The first kappa shape index (κ1) is 79.6. The molecule has 6 heteroatoms. The van der Waals surface area contributed by atoms with E-state index in [0.717, 1.165) is 0 Å². The maximum Gasteiger partial charge on any atom is 2.00 e. The first-order chi connectivity index (χ1) is 0. The fraction of sp³-hybridized carbons (Fsp3) is 0. The summed E-state index contributed by atoms with van der Waals surface area (Å²) in [5, 5.41) is 0. The molecule has 0 atom stereocenters. The van der Waals surface area contributed by atoms with Crippen molar-refractivity contribution in [3.8, 4) is 0 Å². The molecule has 0 amide bonds. The number of hydrogen-bond donors (Lipinski definition) is 0. The molecule has 0 saturated heterocycles. The van der Waals surface area contributed by atoms with Crippen LogP contribution in [0.5, 0.6) is 0 Å². The van der Waals surface area contributed by atoms with Gasteiger partial charge in [0.25, 0.3) is 0 Å². The Kier molecular flexibility index (Phi) is 696. The molecule has 0 aliphatic heterocycles. The second kappa shape index (κ2) is 52.5. The first-order valence-electron chi connectivity index (χ1n) is 0. The van der Waals surface area contributed by atoms with Gasteiger partial charge in [-0.05, 0) is 0 Å². The molecular formula is Cl4RhRu. The van der Waals surface area contributed by atoms with E-state index in [-0.39, 0.29) is 88.6 Å². The Morgan fingerprint density at radius 1 is 0.500 bits per heavy atom. The van der Waals surface area contributed by atoms with Crippen LogP contribution >= 0.6 is 0 Å². The predicted molar refractivity (Wildman–Crippen MR) is 0 cm³/mol. The summed E-state index contributed by atoms with van der Waals surface area (Å²) >= 11 is 0. The van der Waals surface area contributed by atoms with E-state index in [1.807, 2.05) is 0 Å². The Hall–Kier alpha value is 2.41. The maximum absolute atomic E-state index is 0. The van der Waals surface area contributed by atoms with Gasteiger partial charge < -0.3 is 49.6 Å². The molecule has 0 nitrogen and oxygen atoms in total. The van der Waals surface area contributed by atoms with E-state index in [9.17, 15) is 0 Å². The molecule has 0 heterocycles. The average Bonchev–Trinajstić information content (AvgIpc) is 0. The van der Waals surface area contributed by atoms with Gasteiger partial charge in [0.05, 0.1) is 0 Å². The molecular weight excluding hydrogens is 346 g/mol. The summed E-state index contributed by atoms with van der Waals surface area (Å²) in [5.74, 6) is 0. The minimum absolute atomic E-state index is 0. The molecule has 0 fully saturated rings. The topological polar surface area (TPSA) is 0 Å². The quantitative estimate of drug-likeness (QED) is 0.383. The summed E-state index contributed by atoms with van der Waals surface area (Å²) in [6.07, 6.45) is 0. The molecule has 0 aliphatic carbocycles. The van der Waals surface area contributed by atoms with Crippen molar-refractivity contribution in [1.29, 1.82) is 0 Å². The van der Waals surface area contributed by atoms with Crippen molar-refractivity contribution in [3.63, 3.8) is 0 Å². The van der Waals surface area contributed by atoms with E-state index in [0.29, 0.717) is 0 Å². The van der Waals surface area contributed by atoms with Crippen LogP contribution in [0.3, 0.4) is 0 Å². The van der Waals surface area contributed by atoms with Crippen molar-refractivity contribution in [2.45, 2.75) is 0 Å². The van der Waals surface area contributed by atoms with Crippen LogP contribution in [0, 0.1) is 0 Å². The zero-order valence-electron chi connectivity index (χ0n) is 2.20. The molecule has 0 aliphatic rings. The molecule has 0 unspecified atom stereocenters. The van der Waals surface area contributed by atoms with Crippen LogP contribution in [0.2, 0.25) is 0 Å². The molecule has 6 heavy (non-hydrogen) atoms. The Bertz CT molecular complexity index is 7.51. The maximum atomic E-state index is 0. The molecule has 0 rings (SSSR count). The Morgan fingerprint density at radius 2 is 0.500 bits per heavy atom. The van der Waals surface area contributed by atoms with E-state index in [4.69, 9.17) is 0 Å². The first-order valence-corrected chi connectivity index (χ1v) is 0. The molecule has 0 aromatic carbocycles. The second-order valence-electron chi connectivity index (χ2n) is 0. The SMILES string of the molecule is [Cl-].[Cl-].[Cl-].[Cl-].[Rh+2].[Ru+2]. The minimum atomic E-state index is 0. The van der Waals surface area contributed by atoms with Gasteiger partial charge in [0, 0.05) is 0 Å². The van der Waals surface area contributed by atoms with Crippen molar-refractivity contribution in [2.75, 3.05) is 0 Å². The standard InChI is InChI=1S/4ClH.Rh.Ru/h4*1H;;/q;;;;2*+2/p-4. The van der Waals surface area contributed by atoms with Gasteiger partial charge in [-0.25, -0.2) is 0 Å². The van der Waals surface area contributed by atoms with Crippen LogP contribution < -0.4 is 49.6 Å². The predicted octanol–water partition coefficient (Wildman–Crippen LogP) is -12.0. The summed E-state index contributed by atoms with van der Waals surface area (Å²) in [6, 6.07) is 0. The van der Waals surface area contributed by atoms with Gasteiger partial charge in [-0.2, -0.15) is 0 Å². The Labute approximate surface area is 87.7 Å². The second-order valence-corrected chi connectivity index (χ2v) is 0. The van der Waals surface area contributed by atoms with Crippen molar-refractivity contribution in [1.82, 2.24) is 0 Å². The third kappa shape index (κ3) is 32.3. The summed E-state index contributed by atoms with van der Waals surface area (Å²) < 4.78 is 0. The molecule has 0 saturated carbocycles. The van der Waals surface area contributed by atoms with Gasteiger partial charge in [-0.1, -0.05) is 0 Å². The van der Waals surface area contributed by atoms with Crippen LogP contribution in [0.15, 0.2) is 0 Å². The normalized spacial score (nSPS) is 0. The third-order valence-electron chi connectivity index (χ3n) is 0. The fourth-order valence-corrected chi connectivity index (χ4v) is 0. The van der Waals surface area contributed by atoms with Gasteiger partial charge >= 0.3 is 39.0 Å². The third-order valence-corrected chi connectivity index (χ3v) is 0. The van der Waals surface area contributed by atoms with Crippen molar-refractivity contribution in [2.24, 2.45) is 0 Å². The van der Waals surface area contributed by atoms with E-state index in [1.54, 1.807) is 0 Å². The Balaban J connectivity index is 0.